The van der Waals surface area contributed by atoms with Gasteiger partial charge in [0.15, 0.2) is 5.16 Å². The van der Waals surface area contributed by atoms with Crippen LogP contribution in [0.4, 0.5) is 0 Å². The van der Waals surface area contributed by atoms with Crippen LogP contribution in [0.25, 0.3) is 16.7 Å². The Bertz CT molecular complexity index is 1510. The molecule has 0 saturated carbocycles. The number of amides is 1. The lowest BCUT2D eigenvalue weighted by Gasteiger charge is -2.17. The van der Waals surface area contributed by atoms with Crippen LogP contribution in [-0.4, -0.2) is 42.8 Å². The minimum absolute atomic E-state index is 0.00693. The molecule has 7 nitrogen and oxygen atoms in total. The summed E-state index contributed by atoms with van der Waals surface area (Å²) in [6.07, 6.45) is 0. The standard InChI is InChI=1S/C26H23N5O2S/c1-29(16-19-10-4-2-5-11-19)23(32)18-34-26-28-27-25-30(17-20-12-6-3-7-13-20)24(33)21-14-8-9-15-22(21)31(25)26/h2-15H,16-18H2,1H3. The maximum atomic E-state index is 13.3. The number of fused-ring (bicyclic) bond motifs is 3. The molecule has 5 aromatic rings. The monoisotopic (exact) mass is 469 g/mol. The topological polar surface area (TPSA) is 72.5 Å². The normalized spacial score (nSPS) is 11.2. The number of thioether (sulfide) groups is 1. The Morgan fingerprint density at radius 3 is 2.26 bits per heavy atom. The van der Waals surface area contributed by atoms with E-state index in [4.69, 9.17) is 0 Å². The molecule has 34 heavy (non-hydrogen) atoms. The first-order chi connectivity index (χ1) is 16.6. The number of benzene rings is 3. The average Bonchev–Trinajstić information content (AvgIpc) is 3.30. The molecule has 1 amide bonds. The molecule has 3 aromatic carbocycles. The first-order valence-electron chi connectivity index (χ1n) is 10.9. The Morgan fingerprint density at radius 2 is 1.53 bits per heavy atom. The average molecular weight is 470 g/mol. The van der Waals surface area contributed by atoms with Gasteiger partial charge in [0.2, 0.25) is 11.7 Å². The Hall–Kier alpha value is -3.91. The fraction of sp³-hybridized carbons (Fsp3) is 0.154. The first kappa shape index (κ1) is 21.9. The highest BCUT2D eigenvalue weighted by Gasteiger charge is 2.18. The zero-order valence-electron chi connectivity index (χ0n) is 18.7. The molecular weight excluding hydrogens is 446 g/mol. The smallest absolute Gasteiger partial charge is 0.263 e. The fourth-order valence-corrected chi connectivity index (χ4v) is 4.80. The molecular formula is C26H23N5O2S. The summed E-state index contributed by atoms with van der Waals surface area (Å²) in [5, 5.41) is 9.86. The molecule has 0 saturated heterocycles. The highest BCUT2D eigenvalue weighted by molar-refractivity contribution is 7.99. The summed E-state index contributed by atoms with van der Waals surface area (Å²) in [6, 6.07) is 27.1. The fourth-order valence-electron chi connectivity index (χ4n) is 3.92. The molecule has 0 spiro atoms. The van der Waals surface area contributed by atoms with Crippen molar-refractivity contribution in [1.82, 2.24) is 24.1 Å². The minimum atomic E-state index is -0.116. The number of carbonyl (C=O) groups is 1. The molecule has 5 rings (SSSR count). The SMILES string of the molecule is CN(Cc1ccccc1)C(=O)CSc1nnc2n(Cc3ccccc3)c(=O)c3ccccc3n12. The number of hydrogen-bond acceptors (Lipinski definition) is 5. The number of hydrogen-bond donors (Lipinski definition) is 0. The van der Waals surface area contributed by atoms with Gasteiger partial charge in [-0.15, -0.1) is 10.2 Å². The first-order valence-corrected chi connectivity index (χ1v) is 11.9. The Balaban J connectivity index is 1.47. The molecule has 0 aliphatic carbocycles. The maximum Gasteiger partial charge on any atom is 0.263 e. The Morgan fingerprint density at radius 1 is 0.882 bits per heavy atom. The second-order valence-corrected chi connectivity index (χ2v) is 8.98. The quantitative estimate of drug-likeness (QED) is 0.339. The summed E-state index contributed by atoms with van der Waals surface area (Å²) in [6.45, 7) is 0.927. The molecule has 0 bridgehead atoms. The summed E-state index contributed by atoms with van der Waals surface area (Å²) in [5.41, 5.74) is 2.68. The lowest BCUT2D eigenvalue weighted by atomic mass is 10.2. The molecule has 2 heterocycles. The molecule has 0 N–H and O–H groups in total. The molecule has 0 atom stereocenters. The maximum absolute atomic E-state index is 13.3. The predicted octanol–water partition coefficient (Wildman–Crippen LogP) is 3.84. The van der Waals surface area contributed by atoms with Crippen LogP contribution >= 0.6 is 11.8 Å². The minimum Gasteiger partial charge on any atom is -0.341 e. The number of nitrogens with zero attached hydrogens (tertiary/aromatic N) is 5. The van der Waals surface area contributed by atoms with Crippen LogP contribution in [0.3, 0.4) is 0 Å². The van der Waals surface area contributed by atoms with Crippen molar-refractivity contribution >= 4 is 34.3 Å². The zero-order chi connectivity index (χ0) is 23.5. The van der Waals surface area contributed by atoms with Crippen molar-refractivity contribution in [2.24, 2.45) is 0 Å². The van der Waals surface area contributed by atoms with Gasteiger partial charge in [0.25, 0.3) is 5.56 Å². The van der Waals surface area contributed by atoms with Gasteiger partial charge in [-0.3, -0.25) is 18.6 Å². The Kier molecular flexibility index (Phi) is 6.14. The highest BCUT2D eigenvalue weighted by Crippen LogP contribution is 2.22. The van der Waals surface area contributed by atoms with E-state index in [1.807, 2.05) is 89.3 Å². The van der Waals surface area contributed by atoms with Crippen LogP contribution in [0, 0.1) is 0 Å². The van der Waals surface area contributed by atoms with E-state index in [1.165, 1.54) is 11.8 Å². The third-order valence-electron chi connectivity index (χ3n) is 5.67. The summed E-state index contributed by atoms with van der Waals surface area (Å²) in [4.78, 5) is 27.8. The van der Waals surface area contributed by atoms with E-state index in [0.717, 1.165) is 16.6 Å². The molecule has 2 aromatic heterocycles. The molecule has 170 valence electrons. The van der Waals surface area contributed by atoms with Crippen molar-refractivity contribution < 1.29 is 4.79 Å². The van der Waals surface area contributed by atoms with E-state index < -0.39 is 0 Å². The zero-order valence-corrected chi connectivity index (χ0v) is 19.5. The third-order valence-corrected chi connectivity index (χ3v) is 6.59. The number of rotatable bonds is 7. The number of carbonyl (C=O) groups excluding carboxylic acids is 1. The van der Waals surface area contributed by atoms with Gasteiger partial charge in [-0.2, -0.15) is 0 Å². The molecule has 0 fully saturated rings. The largest absolute Gasteiger partial charge is 0.341 e. The summed E-state index contributed by atoms with van der Waals surface area (Å²) in [5.74, 6) is 0.670. The Labute approximate surface area is 200 Å². The van der Waals surface area contributed by atoms with Crippen molar-refractivity contribution in [3.8, 4) is 0 Å². The van der Waals surface area contributed by atoms with Crippen LogP contribution in [-0.2, 0) is 17.9 Å². The van der Waals surface area contributed by atoms with Crippen LogP contribution < -0.4 is 5.56 Å². The molecule has 0 unspecified atom stereocenters. The molecule has 0 aliphatic heterocycles. The molecule has 0 aliphatic rings. The second kappa shape index (κ2) is 9.52. The summed E-state index contributed by atoms with van der Waals surface area (Å²) in [7, 11) is 1.80. The number of aromatic nitrogens is 4. The van der Waals surface area contributed by atoms with Crippen LogP contribution in [0.15, 0.2) is 94.9 Å². The van der Waals surface area contributed by atoms with E-state index in [9.17, 15) is 9.59 Å². The van der Waals surface area contributed by atoms with E-state index in [1.54, 1.807) is 16.5 Å². The van der Waals surface area contributed by atoms with Gasteiger partial charge in [-0.25, -0.2) is 0 Å². The van der Waals surface area contributed by atoms with Crippen molar-refractivity contribution in [2.75, 3.05) is 12.8 Å². The van der Waals surface area contributed by atoms with Gasteiger partial charge in [0.1, 0.15) is 0 Å². The van der Waals surface area contributed by atoms with Gasteiger partial charge in [-0.05, 0) is 23.3 Å². The van der Waals surface area contributed by atoms with Gasteiger partial charge >= 0.3 is 0 Å². The van der Waals surface area contributed by atoms with Gasteiger partial charge in [0.05, 0.1) is 23.2 Å². The van der Waals surface area contributed by atoms with Crippen molar-refractivity contribution in [3.63, 3.8) is 0 Å². The van der Waals surface area contributed by atoms with E-state index in [0.29, 0.717) is 29.4 Å². The van der Waals surface area contributed by atoms with Crippen LogP contribution in [0.2, 0.25) is 0 Å². The van der Waals surface area contributed by atoms with Gasteiger partial charge in [-0.1, -0.05) is 84.6 Å². The van der Waals surface area contributed by atoms with Gasteiger partial charge < -0.3 is 4.90 Å². The van der Waals surface area contributed by atoms with Crippen molar-refractivity contribution in [1.29, 1.82) is 0 Å². The lowest BCUT2D eigenvalue weighted by molar-refractivity contribution is -0.127. The molecule has 8 heteroatoms. The van der Waals surface area contributed by atoms with Gasteiger partial charge in [0, 0.05) is 13.6 Å². The van der Waals surface area contributed by atoms with Crippen LogP contribution in [0.1, 0.15) is 11.1 Å². The third kappa shape index (κ3) is 4.32. The summed E-state index contributed by atoms with van der Waals surface area (Å²) < 4.78 is 3.51. The van der Waals surface area contributed by atoms with E-state index in [2.05, 4.69) is 10.2 Å². The van der Waals surface area contributed by atoms with Crippen molar-refractivity contribution in [2.45, 2.75) is 18.2 Å². The number of para-hydroxylation sites is 1. The lowest BCUT2D eigenvalue weighted by Crippen LogP contribution is -2.28. The van der Waals surface area contributed by atoms with E-state index >= 15 is 0 Å². The highest BCUT2D eigenvalue weighted by atomic mass is 32.2. The van der Waals surface area contributed by atoms with Crippen molar-refractivity contribution in [3.05, 3.63) is 106 Å². The molecule has 0 radical (unpaired) electrons. The second-order valence-electron chi connectivity index (χ2n) is 8.04. The van der Waals surface area contributed by atoms with Crippen LogP contribution in [0.5, 0.6) is 0 Å². The predicted molar refractivity (Wildman–Crippen MR) is 134 cm³/mol. The van der Waals surface area contributed by atoms with E-state index in [-0.39, 0.29) is 17.2 Å². The summed E-state index contributed by atoms with van der Waals surface area (Å²) >= 11 is 1.32.